The Kier molecular flexibility index (Phi) is 4.78. The lowest BCUT2D eigenvalue weighted by molar-refractivity contribution is 0.205. The normalized spacial score (nSPS) is 16.4. The van der Waals surface area contributed by atoms with Crippen molar-refractivity contribution in [1.29, 1.82) is 0 Å². The van der Waals surface area contributed by atoms with E-state index in [4.69, 9.17) is 9.84 Å². The maximum atomic E-state index is 9.14. The van der Waals surface area contributed by atoms with Gasteiger partial charge in [-0.15, -0.1) is 0 Å². The molecule has 4 nitrogen and oxygen atoms in total. The first-order chi connectivity index (χ1) is 10.3. The molecule has 0 spiro atoms. The molecule has 0 aliphatic carbocycles. The van der Waals surface area contributed by atoms with Crippen molar-refractivity contribution in [1.82, 2.24) is 9.88 Å². The summed E-state index contributed by atoms with van der Waals surface area (Å²) in [5.74, 6) is 0.907. The topological polar surface area (TPSA) is 48.5 Å². The lowest BCUT2D eigenvalue weighted by atomic mass is 10.1. The molecule has 0 atom stereocenters. The molecule has 1 saturated heterocycles. The summed E-state index contributed by atoms with van der Waals surface area (Å²) in [6, 6.07) is 8.00. The third-order valence-corrected chi connectivity index (χ3v) is 4.15. The predicted octanol–water partition coefficient (Wildman–Crippen LogP) is 2.92. The Labute approximate surface area is 125 Å². The molecule has 1 fully saturated rings. The summed E-state index contributed by atoms with van der Waals surface area (Å²) >= 11 is 0. The number of aromatic amines is 1. The molecule has 1 aromatic carbocycles. The molecule has 1 aromatic heterocycles. The number of hydrogen-bond donors (Lipinski definition) is 2. The van der Waals surface area contributed by atoms with Gasteiger partial charge in [0.1, 0.15) is 5.75 Å². The summed E-state index contributed by atoms with van der Waals surface area (Å²) in [6.45, 7) is 4.44. The van der Waals surface area contributed by atoms with Gasteiger partial charge in [0.15, 0.2) is 0 Å². The highest BCUT2D eigenvalue weighted by molar-refractivity contribution is 5.81. The fourth-order valence-electron chi connectivity index (χ4n) is 3.01. The quantitative estimate of drug-likeness (QED) is 0.804. The average Bonchev–Trinajstić information content (AvgIpc) is 2.95. The highest BCUT2D eigenvalue weighted by atomic mass is 16.5. The number of benzene rings is 1. The first-order valence-corrected chi connectivity index (χ1v) is 7.93. The van der Waals surface area contributed by atoms with Gasteiger partial charge in [-0.2, -0.15) is 0 Å². The number of hydrogen-bond acceptors (Lipinski definition) is 3. The van der Waals surface area contributed by atoms with E-state index >= 15 is 0 Å². The Morgan fingerprint density at radius 3 is 2.81 bits per heavy atom. The van der Waals surface area contributed by atoms with Crippen LogP contribution in [0.3, 0.4) is 0 Å². The van der Waals surface area contributed by atoms with Crippen molar-refractivity contribution in [3.63, 3.8) is 0 Å². The first-order valence-electron chi connectivity index (χ1n) is 7.93. The van der Waals surface area contributed by atoms with Crippen molar-refractivity contribution in [2.45, 2.75) is 32.3 Å². The monoisotopic (exact) mass is 288 g/mol. The Balaban J connectivity index is 1.48. The van der Waals surface area contributed by atoms with Gasteiger partial charge in [0, 0.05) is 23.1 Å². The number of rotatable bonds is 6. The number of piperidine rings is 1. The molecule has 2 heterocycles. The molecule has 0 radical (unpaired) electrons. The summed E-state index contributed by atoms with van der Waals surface area (Å²) in [6.07, 6.45) is 5.16. The maximum Gasteiger partial charge on any atom is 0.120 e. The van der Waals surface area contributed by atoms with Gasteiger partial charge >= 0.3 is 0 Å². The molecule has 3 rings (SSSR count). The Morgan fingerprint density at radius 2 is 2.00 bits per heavy atom. The molecule has 0 unspecified atom stereocenters. The number of ether oxygens (including phenoxy) is 1. The number of aliphatic hydroxyl groups excluding tert-OH is 1. The summed E-state index contributed by atoms with van der Waals surface area (Å²) in [5.41, 5.74) is 1.88. The van der Waals surface area contributed by atoms with Crippen molar-refractivity contribution < 1.29 is 9.84 Å². The number of fused-ring (bicyclic) bond motifs is 1. The van der Waals surface area contributed by atoms with Crippen LogP contribution in [0.15, 0.2) is 24.3 Å². The van der Waals surface area contributed by atoms with Gasteiger partial charge in [0.25, 0.3) is 0 Å². The highest BCUT2D eigenvalue weighted by Gasteiger charge is 2.09. The lowest BCUT2D eigenvalue weighted by Crippen LogP contribution is -2.31. The molecule has 21 heavy (non-hydrogen) atoms. The fourth-order valence-corrected chi connectivity index (χ4v) is 3.01. The Hall–Kier alpha value is -1.52. The van der Waals surface area contributed by atoms with E-state index < -0.39 is 0 Å². The van der Waals surface area contributed by atoms with E-state index in [2.05, 4.69) is 9.88 Å². The zero-order valence-electron chi connectivity index (χ0n) is 12.5. The molecular formula is C17H24N2O2. The van der Waals surface area contributed by atoms with Crippen LogP contribution in [0.25, 0.3) is 10.9 Å². The predicted molar refractivity (Wildman–Crippen MR) is 84.6 cm³/mol. The maximum absolute atomic E-state index is 9.14. The second-order valence-electron chi connectivity index (χ2n) is 5.81. The number of nitrogens with zero attached hydrogens (tertiary/aromatic N) is 1. The van der Waals surface area contributed by atoms with Crippen molar-refractivity contribution in [2.75, 3.05) is 26.2 Å². The van der Waals surface area contributed by atoms with Gasteiger partial charge in [-0.3, -0.25) is 0 Å². The number of aromatic nitrogens is 1. The molecule has 4 heteroatoms. The van der Waals surface area contributed by atoms with Crippen LogP contribution in [0.2, 0.25) is 0 Å². The zero-order valence-corrected chi connectivity index (χ0v) is 12.5. The Bertz CT molecular complexity index is 573. The number of likely N-dealkylation sites (tertiary alicyclic amines) is 1. The number of aliphatic hydroxyl groups is 1. The zero-order chi connectivity index (χ0) is 14.5. The molecule has 114 valence electrons. The molecular weight excluding hydrogens is 264 g/mol. The van der Waals surface area contributed by atoms with E-state index in [9.17, 15) is 0 Å². The van der Waals surface area contributed by atoms with Crippen LogP contribution in [-0.2, 0) is 6.61 Å². The average molecular weight is 288 g/mol. The molecule has 0 bridgehead atoms. The third-order valence-electron chi connectivity index (χ3n) is 4.15. The van der Waals surface area contributed by atoms with Gasteiger partial charge in [-0.1, -0.05) is 6.42 Å². The van der Waals surface area contributed by atoms with E-state index in [1.165, 1.54) is 32.4 Å². The van der Waals surface area contributed by atoms with Crippen LogP contribution in [-0.4, -0.2) is 41.2 Å². The van der Waals surface area contributed by atoms with E-state index in [-0.39, 0.29) is 6.61 Å². The molecule has 1 aliphatic rings. The molecule has 0 saturated carbocycles. The smallest absolute Gasteiger partial charge is 0.120 e. The lowest BCUT2D eigenvalue weighted by Gasteiger charge is -2.26. The van der Waals surface area contributed by atoms with Crippen LogP contribution in [0.1, 0.15) is 31.4 Å². The summed E-state index contributed by atoms with van der Waals surface area (Å²) in [5, 5.41) is 10.2. The van der Waals surface area contributed by atoms with Crippen molar-refractivity contribution in [3.8, 4) is 5.75 Å². The summed E-state index contributed by atoms with van der Waals surface area (Å²) in [4.78, 5) is 5.71. The second kappa shape index (κ2) is 6.96. The molecule has 2 aromatic rings. The van der Waals surface area contributed by atoms with Crippen LogP contribution < -0.4 is 4.74 Å². The standard InChI is InChI=1S/C17H24N2O2/c20-13-15-11-14-12-16(5-6-17(14)18-15)21-10-4-9-19-7-2-1-3-8-19/h5-6,11-12,18,20H,1-4,7-10,13H2. The van der Waals surface area contributed by atoms with Gasteiger partial charge < -0.3 is 19.7 Å². The van der Waals surface area contributed by atoms with Crippen LogP contribution >= 0.6 is 0 Å². The van der Waals surface area contributed by atoms with Gasteiger partial charge in [-0.25, -0.2) is 0 Å². The van der Waals surface area contributed by atoms with Crippen LogP contribution in [0, 0.1) is 0 Å². The van der Waals surface area contributed by atoms with E-state index in [1.807, 2.05) is 24.3 Å². The van der Waals surface area contributed by atoms with Crippen molar-refractivity contribution >= 4 is 10.9 Å². The first kappa shape index (κ1) is 14.4. The van der Waals surface area contributed by atoms with E-state index in [0.717, 1.165) is 41.9 Å². The van der Waals surface area contributed by atoms with Gasteiger partial charge in [-0.05, 0) is 56.6 Å². The third kappa shape index (κ3) is 3.77. The largest absolute Gasteiger partial charge is 0.494 e. The second-order valence-corrected chi connectivity index (χ2v) is 5.81. The van der Waals surface area contributed by atoms with E-state index in [1.54, 1.807) is 0 Å². The van der Waals surface area contributed by atoms with Crippen molar-refractivity contribution in [2.24, 2.45) is 0 Å². The van der Waals surface area contributed by atoms with Gasteiger partial charge in [0.05, 0.1) is 13.2 Å². The number of H-pyrrole nitrogens is 1. The minimum Gasteiger partial charge on any atom is -0.494 e. The highest BCUT2D eigenvalue weighted by Crippen LogP contribution is 2.22. The van der Waals surface area contributed by atoms with E-state index in [0.29, 0.717) is 0 Å². The summed E-state index contributed by atoms with van der Waals surface area (Å²) < 4.78 is 5.85. The van der Waals surface area contributed by atoms with Crippen molar-refractivity contribution in [3.05, 3.63) is 30.0 Å². The minimum absolute atomic E-state index is 0.0424. The van der Waals surface area contributed by atoms with Crippen LogP contribution in [0.5, 0.6) is 5.75 Å². The van der Waals surface area contributed by atoms with Gasteiger partial charge in [0.2, 0.25) is 0 Å². The molecule has 2 N–H and O–H groups in total. The fraction of sp³-hybridized carbons (Fsp3) is 0.529. The Morgan fingerprint density at radius 1 is 1.14 bits per heavy atom. The number of nitrogens with one attached hydrogen (secondary N) is 1. The minimum atomic E-state index is 0.0424. The SMILES string of the molecule is OCc1cc2cc(OCCCN3CCCCC3)ccc2[nH]1. The molecule has 0 amide bonds. The molecule has 1 aliphatic heterocycles. The summed E-state index contributed by atoms with van der Waals surface area (Å²) in [7, 11) is 0. The van der Waals surface area contributed by atoms with Crippen LogP contribution in [0.4, 0.5) is 0 Å².